The summed E-state index contributed by atoms with van der Waals surface area (Å²) in [4.78, 5) is 52.1. The molecule has 0 atom stereocenters. The lowest BCUT2D eigenvalue weighted by Gasteiger charge is -2.26. The molecule has 224 valence electrons. The number of carbonyl (C=O) groups is 4. The average Bonchev–Trinajstić information content (AvgIpc) is 3.69. The number of hydrogen-bond acceptors (Lipinski definition) is 11. The van der Waals surface area contributed by atoms with E-state index in [4.69, 9.17) is 33.2 Å². The van der Waals surface area contributed by atoms with E-state index in [9.17, 15) is 19.2 Å². The summed E-state index contributed by atoms with van der Waals surface area (Å²) in [5.41, 5.74) is 1.56. The van der Waals surface area contributed by atoms with Gasteiger partial charge in [0.15, 0.2) is 23.0 Å². The fraction of sp³-hybridized carbons (Fsp3) is 0.118. The monoisotopic (exact) mass is 606 g/mol. The lowest BCUT2D eigenvalue weighted by molar-refractivity contribution is -0.132. The smallest absolute Gasteiger partial charge is 0.343 e. The summed E-state index contributed by atoms with van der Waals surface area (Å²) >= 11 is 0. The summed E-state index contributed by atoms with van der Waals surface area (Å²) in [6, 6.07) is 19.2. The molecule has 0 amide bonds. The molecule has 11 nitrogen and oxygen atoms in total. The first-order valence-electron chi connectivity index (χ1n) is 13.7. The molecule has 0 bridgehead atoms. The highest BCUT2D eigenvalue weighted by atomic mass is 16.7. The van der Waals surface area contributed by atoms with E-state index >= 15 is 0 Å². The van der Waals surface area contributed by atoms with Crippen LogP contribution in [0, 0.1) is 0 Å². The summed E-state index contributed by atoms with van der Waals surface area (Å²) < 4.78 is 39.0. The summed E-state index contributed by atoms with van der Waals surface area (Å²) in [7, 11) is 0. The molecule has 0 fully saturated rings. The minimum absolute atomic E-state index is 0.0132. The molecule has 0 N–H and O–H groups in total. The van der Waals surface area contributed by atoms with Crippen molar-refractivity contribution in [2.45, 2.75) is 13.8 Å². The van der Waals surface area contributed by atoms with E-state index < -0.39 is 23.7 Å². The number of esters is 3. The van der Waals surface area contributed by atoms with Gasteiger partial charge in [0.05, 0.1) is 16.7 Å². The second-order valence-corrected chi connectivity index (χ2v) is 10.1. The maximum atomic E-state index is 14.1. The number of fused-ring (bicyclic) bond motifs is 4. The summed E-state index contributed by atoms with van der Waals surface area (Å²) in [5.74, 6) is -0.772. The molecule has 2 aliphatic heterocycles. The third kappa shape index (κ3) is 4.89. The highest BCUT2D eigenvalue weighted by Gasteiger charge is 2.37. The van der Waals surface area contributed by atoms with E-state index in [1.807, 2.05) is 0 Å². The van der Waals surface area contributed by atoms with Gasteiger partial charge in [-0.3, -0.25) is 14.4 Å². The second-order valence-electron chi connectivity index (χ2n) is 10.1. The zero-order valence-corrected chi connectivity index (χ0v) is 23.8. The third-order valence-corrected chi connectivity index (χ3v) is 7.22. The Morgan fingerprint density at radius 3 is 1.64 bits per heavy atom. The van der Waals surface area contributed by atoms with Gasteiger partial charge in [0.2, 0.25) is 19.4 Å². The minimum atomic E-state index is -0.735. The van der Waals surface area contributed by atoms with Gasteiger partial charge < -0.3 is 33.2 Å². The van der Waals surface area contributed by atoms with Crippen LogP contribution in [0.5, 0.6) is 34.5 Å². The maximum absolute atomic E-state index is 14.1. The number of benzene rings is 4. The van der Waals surface area contributed by atoms with Crippen molar-refractivity contribution in [1.29, 1.82) is 0 Å². The van der Waals surface area contributed by atoms with Crippen LogP contribution in [-0.2, 0) is 14.3 Å². The van der Waals surface area contributed by atoms with Gasteiger partial charge in [0, 0.05) is 36.1 Å². The maximum Gasteiger partial charge on any atom is 0.343 e. The van der Waals surface area contributed by atoms with Crippen LogP contribution in [0.3, 0.4) is 0 Å². The second kappa shape index (κ2) is 10.9. The van der Waals surface area contributed by atoms with E-state index in [0.717, 1.165) is 0 Å². The molecule has 2 heterocycles. The molecular weight excluding hydrogens is 584 g/mol. The van der Waals surface area contributed by atoms with Crippen LogP contribution in [0.15, 0.2) is 72.8 Å². The van der Waals surface area contributed by atoms with E-state index in [2.05, 4.69) is 0 Å². The molecule has 0 saturated carbocycles. The highest BCUT2D eigenvalue weighted by Crippen LogP contribution is 2.47. The van der Waals surface area contributed by atoms with E-state index in [1.54, 1.807) is 54.6 Å². The SMILES string of the molecule is CC(=O)Oc1cccc2c1C(=O)c1c(OC(C)=O)cccc1C2=C(OC(=O)c1ccc2c(c1)OCO2)c1ccc2c(c1)OCO2. The molecule has 0 radical (unpaired) electrons. The van der Waals surface area contributed by atoms with Crippen LogP contribution in [0.1, 0.15) is 56.8 Å². The molecule has 1 aliphatic carbocycles. The van der Waals surface area contributed by atoms with E-state index in [-0.39, 0.29) is 47.5 Å². The Morgan fingerprint density at radius 2 is 1.11 bits per heavy atom. The molecular formula is C34H22O11. The Morgan fingerprint density at radius 1 is 0.622 bits per heavy atom. The Bertz CT molecular complexity index is 1920. The molecule has 11 heteroatoms. The van der Waals surface area contributed by atoms with E-state index in [1.165, 1.54) is 32.0 Å². The third-order valence-electron chi connectivity index (χ3n) is 7.22. The van der Waals surface area contributed by atoms with Gasteiger partial charge in [-0.15, -0.1) is 0 Å². The van der Waals surface area contributed by atoms with Crippen LogP contribution >= 0.6 is 0 Å². The van der Waals surface area contributed by atoms with Crippen LogP contribution in [0.2, 0.25) is 0 Å². The van der Waals surface area contributed by atoms with Gasteiger partial charge in [-0.05, 0) is 48.5 Å². The quantitative estimate of drug-likeness (QED) is 0.146. The lowest BCUT2D eigenvalue weighted by Crippen LogP contribution is -2.20. The van der Waals surface area contributed by atoms with Crippen molar-refractivity contribution in [3.8, 4) is 34.5 Å². The van der Waals surface area contributed by atoms with Gasteiger partial charge in [0.1, 0.15) is 17.3 Å². The zero-order valence-electron chi connectivity index (χ0n) is 23.8. The summed E-state index contributed by atoms with van der Waals surface area (Å²) in [6.07, 6.45) is 0. The Hall–Kier alpha value is -6.10. The Balaban J connectivity index is 1.51. The largest absolute Gasteiger partial charge is 0.454 e. The molecule has 45 heavy (non-hydrogen) atoms. The molecule has 4 aromatic rings. The standard InChI is InChI=1S/C34H22O11/c1-17(35)43-25-7-3-5-21-29(22-6-4-8-26(44-18(2)36)31(22)32(37)30(21)25)33(19-9-11-23-27(13-19)41-15-39-23)45-34(38)20-10-12-24-28(14-20)42-16-40-24/h3-14H,15-16H2,1-2H3. The summed E-state index contributed by atoms with van der Waals surface area (Å²) in [5, 5.41) is 0. The van der Waals surface area contributed by atoms with Gasteiger partial charge in [-0.2, -0.15) is 0 Å². The van der Waals surface area contributed by atoms with Crippen LogP contribution in [0.4, 0.5) is 0 Å². The van der Waals surface area contributed by atoms with Crippen molar-refractivity contribution in [2.75, 3.05) is 13.6 Å². The molecule has 0 unspecified atom stereocenters. The Labute approximate surface area is 255 Å². The minimum Gasteiger partial charge on any atom is -0.454 e. The fourth-order valence-electron chi connectivity index (χ4n) is 5.41. The van der Waals surface area contributed by atoms with Crippen LogP contribution < -0.4 is 28.4 Å². The highest BCUT2D eigenvalue weighted by molar-refractivity contribution is 6.24. The van der Waals surface area contributed by atoms with Gasteiger partial charge in [0.25, 0.3) is 0 Å². The van der Waals surface area contributed by atoms with Gasteiger partial charge >= 0.3 is 17.9 Å². The lowest BCUT2D eigenvalue weighted by atomic mass is 9.79. The first kappa shape index (κ1) is 27.7. The van der Waals surface area contributed by atoms with E-state index in [0.29, 0.717) is 45.3 Å². The molecule has 0 aromatic heterocycles. The normalized spacial score (nSPS) is 13.5. The molecule has 3 aliphatic rings. The number of ketones is 1. The molecule has 0 saturated heterocycles. The van der Waals surface area contributed by atoms with Gasteiger partial charge in [-0.1, -0.05) is 24.3 Å². The molecule has 4 aromatic carbocycles. The van der Waals surface area contributed by atoms with Gasteiger partial charge in [-0.25, -0.2) is 4.79 Å². The number of ether oxygens (including phenoxy) is 7. The number of carbonyl (C=O) groups excluding carboxylic acids is 4. The molecule has 0 spiro atoms. The molecule has 7 rings (SSSR count). The van der Waals surface area contributed by atoms with Crippen molar-refractivity contribution in [1.82, 2.24) is 0 Å². The predicted molar refractivity (Wildman–Crippen MR) is 155 cm³/mol. The van der Waals surface area contributed by atoms with Crippen LogP contribution in [0.25, 0.3) is 11.3 Å². The first-order chi connectivity index (χ1) is 21.8. The number of hydrogen-bond donors (Lipinski definition) is 0. The van der Waals surface area contributed by atoms with Crippen molar-refractivity contribution < 1.29 is 52.3 Å². The topological polar surface area (TPSA) is 133 Å². The number of rotatable bonds is 5. The predicted octanol–water partition coefficient (Wildman–Crippen LogP) is 5.31. The van der Waals surface area contributed by atoms with Crippen LogP contribution in [-0.4, -0.2) is 37.3 Å². The van der Waals surface area contributed by atoms with Crippen molar-refractivity contribution >= 4 is 35.0 Å². The zero-order chi connectivity index (χ0) is 31.2. The van der Waals surface area contributed by atoms with Crippen molar-refractivity contribution in [3.63, 3.8) is 0 Å². The fourth-order valence-corrected chi connectivity index (χ4v) is 5.41. The first-order valence-corrected chi connectivity index (χ1v) is 13.7. The average molecular weight is 607 g/mol. The van der Waals surface area contributed by atoms with Crippen molar-refractivity contribution in [3.05, 3.63) is 106 Å². The summed E-state index contributed by atoms with van der Waals surface area (Å²) in [6.45, 7) is 2.47. The Kier molecular flexibility index (Phi) is 6.70. The van der Waals surface area contributed by atoms with Crippen molar-refractivity contribution in [2.24, 2.45) is 0 Å².